The Labute approximate surface area is 206 Å². The molecule has 3 aromatic rings. The molecule has 0 aliphatic carbocycles. The summed E-state index contributed by atoms with van der Waals surface area (Å²) in [5, 5.41) is 11.1. The molecule has 5 heteroatoms. The summed E-state index contributed by atoms with van der Waals surface area (Å²) in [6.45, 7) is 4.31. The van der Waals surface area contributed by atoms with E-state index in [1.165, 1.54) is 17.3 Å². The standard InChI is InChI=1S/C29H31NO3S/c1-21(2)16-17-29(24-11-4-3-5-12-24)19-25(31)27(28(32)33-29)34-26-13-7-6-10-23(26)15-14-22-9-8-18-30-20-22/h3-13,18,20-21,31H,14-17,19H2,1-2H3. The average molecular weight is 474 g/mol. The lowest BCUT2D eigenvalue weighted by Crippen LogP contribution is -2.37. The Morgan fingerprint density at radius 1 is 1.03 bits per heavy atom. The van der Waals surface area contributed by atoms with E-state index in [9.17, 15) is 9.90 Å². The number of ether oxygens (including phenoxy) is 1. The molecule has 1 N–H and O–H groups in total. The predicted octanol–water partition coefficient (Wildman–Crippen LogP) is 7.01. The lowest BCUT2D eigenvalue weighted by molar-refractivity contribution is -0.160. The van der Waals surface area contributed by atoms with Crippen molar-refractivity contribution in [1.82, 2.24) is 4.98 Å². The van der Waals surface area contributed by atoms with E-state index in [4.69, 9.17) is 4.74 Å². The minimum Gasteiger partial charge on any atom is -0.511 e. The maximum Gasteiger partial charge on any atom is 0.349 e. The van der Waals surface area contributed by atoms with Crippen LogP contribution in [0.1, 0.15) is 49.8 Å². The first kappa shape index (κ1) is 24.1. The highest BCUT2D eigenvalue weighted by Crippen LogP contribution is 2.45. The van der Waals surface area contributed by atoms with E-state index in [0.717, 1.165) is 35.3 Å². The van der Waals surface area contributed by atoms with Gasteiger partial charge in [0.1, 0.15) is 16.3 Å². The van der Waals surface area contributed by atoms with Crippen molar-refractivity contribution in [2.24, 2.45) is 5.92 Å². The molecule has 4 rings (SSSR count). The number of pyridine rings is 1. The number of aryl methyl sites for hydroxylation is 2. The largest absolute Gasteiger partial charge is 0.511 e. The Hall–Kier alpha value is -3.05. The quantitative estimate of drug-likeness (QED) is 0.339. The van der Waals surface area contributed by atoms with Gasteiger partial charge in [-0.25, -0.2) is 4.79 Å². The van der Waals surface area contributed by atoms with Gasteiger partial charge in [0, 0.05) is 17.3 Å². The summed E-state index contributed by atoms with van der Waals surface area (Å²) in [5.41, 5.74) is 2.39. The number of nitrogens with zero attached hydrogens (tertiary/aromatic N) is 1. The minimum atomic E-state index is -0.837. The van der Waals surface area contributed by atoms with Crippen LogP contribution in [0, 0.1) is 5.92 Å². The van der Waals surface area contributed by atoms with Gasteiger partial charge in [0.15, 0.2) is 0 Å². The van der Waals surface area contributed by atoms with Crippen molar-refractivity contribution in [2.45, 2.75) is 56.4 Å². The molecular weight excluding hydrogens is 442 g/mol. The molecule has 0 amide bonds. The smallest absolute Gasteiger partial charge is 0.349 e. The lowest BCUT2D eigenvalue weighted by atomic mass is 9.82. The summed E-state index contributed by atoms with van der Waals surface area (Å²) in [4.78, 5) is 18.7. The number of aromatic nitrogens is 1. The first-order valence-corrected chi connectivity index (χ1v) is 12.6. The molecule has 4 nitrogen and oxygen atoms in total. The first-order chi connectivity index (χ1) is 16.5. The van der Waals surface area contributed by atoms with Crippen LogP contribution in [0.5, 0.6) is 0 Å². The van der Waals surface area contributed by atoms with Crippen LogP contribution in [-0.2, 0) is 28.0 Å². The average Bonchev–Trinajstić information content (AvgIpc) is 2.85. The number of carbonyl (C=O) groups excluding carboxylic acids is 1. The summed E-state index contributed by atoms with van der Waals surface area (Å²) in [7, 11) is 0. The highest BCUT2D eigenvalue weighted by Gasteiger charge is 2.43. The number of aliphatic hydroxyl groups is 1. The van der Waals surface area contributed by atoms with Crippen molar-refractivity contribution in [3.63, 3.8) is 0 Å². The van der Waals surface area contributed by atoms with Gasteiger partial charge in [-0.2, -0.15) is 0 Å². The van der Waals surface area contributed by atoms with E-state index < -0.39 is 11.6 Å². The molecule has 1 unspecified atom stereocenters. The number of hydrogen-bond donors (Lipinski definition) is 1. The Kier molecular flexibility index (Phi) is 7.73. The van der Waals surface area contributed by atoms with Gasteiger partial charge in [0.2, 0.25) is 0 Å². The molecule has 176 valence electrons. The second kappa shape index (κ2) is 10.9. The van der Waals surface area contributed by atoms with Crippen molar-refractivity contribution < 1.29 is 14.6 Å². The zero-order valence-corrected chi connectivity index (χ0v) is 20.6. The third kappa shape index (κ3) is 5.71. The molecule has 0 fully saturated rings. The molecule has 1 atom stereocenters. The van der Waals surface area contributed by atoms with Gasteiger partial charge < -0.3 is 9.84 Å². The number of esters is 1. The van der Waals surface area contributed by atoms with Crippen molar-refractivity contribution in [3.8, 4) is 0 Å². The predicted molar refractivity (Wildman–Crippen MR) is 136 cm³/mol. The van der Waals surface area contributed by atoms with Crippen LogP contribution in [0.2, 0.25) is 0 Å². The van der Waals surface area contributed by atoms with Gasteiger partial charge in [0.25, 0.3) is 0 Å². The number of benzene rings is 2. The van der Waals surface area contributed by atoms with E-state index in [2.05, 4.69) is 31.0 Å². The topological polar surface area (TPSA) is 59.4 Å². The fraction of sp³-hybridized carbons (Fsp3) is 0.310. The number of cyclic esters (lactones) is 1. The molecule has 1 aromatic heterocycles. The summed E-state index contributed by atoms with van der Waals surface area (Å²) >= 11 is 1.30. The molecule has 2 aromatic carbocycles. The Bertz CT molecular complexity index is 1140. The molecule has 0 saturated carbocycles. The Balaban J connectivity index is 1.58. The molecule has 0 spiro atoms. The van der Waals surface area contributed by atoms with Crippen molar-refractivity contribution in [2.75, 3.05) is 0 Å². The van der Waals surface area contributed by atoms with Crippen LogP contribution in [0.15, 0.2) is 94.7 Å². The highest BCUT2D eigenvalue weighted by atomic mass is 32.2. The maximum absolute atomic E-state index is 13.3. The Morgan fingerprint density at radius 3 is 2.50 bits per heavy atom. The number of thioether (sulfide) groups is 1. The molecule has 1 aliphatic rings. The second-order valence-corrected chi connectivity index (χ2v) is 10.3. The molecule has 34 heavy (non-hydrogen) atoms. The van der Waals surface area contributed by atoms with E-state index >= 15 is 0 Å². The normalized spacial score (nSPS) is 18.3. The van der Waals surface area contributed by atoms with Gasteiger partial charge in [-0.15, -0.1) is 0 Å². The lowest BCUT2D eigenvalue weighted by Gasteiger charge is -2.38. The molecule has 2 heterocycles. The van der Waals surface area contributed by atoms with Crippen LogP contribution >= 0.6 is 11.8 Å². The van der Waals surface area contributed by atoms with E-state index in [-0.39, 0.29) is 17.1 Å². The highest BCUT2D eigenvalue weighted by molar-refractivity contribution is 8.04. The number of rotatable bonds is 9. The van der Waals surface area contributed by atoms with Crippen molar-refractivity contribution in [3.05, 3.63) is 106 Å². The van der Waals surface area contributed by atoms with Crippen LogP contribution in [-0.4, -0.2) is 16.1 Å². The van der Waals surface area contributed by atoms with Gasteiger partial charge in [-0.1, -0.05) is 80.2 Å². The number of hydrogen-bond acceptors (Lipinski definition) is 5. The summed E-state index contributed by atoms with van der Waals surface area (Å²) < 4.78 is 6.15. The Morgan fingerprint density at radius 2 is 1.79 bits per heavy atom. The second-order valence-electron chi connectivity index (χ2n) is 9.21. The van der Waals surface area contributed by atoms with Gasteiger partial charge in [0.05, 0.1) is 6.42 Å². The molecule has 0 bridgehead atoms. The van der Waals surface area contributed by atoms with Gasteiger partial charge in [-0.3, -0.25) is 4.98 Å². The molecule has 0 radical (unpaired) electrons. The zero-order valence-electron chi connectivity index (χ0n) is 19.7. The number of aliphatic hydroxyl groups excluding tert-OH is 1. The summed E-state index contributed by atoms with van der Waals surface area (Å²) in [6.07, 6.45) is 7.18. The van der Waals surface area contributed by atoms with Crippen LogP contribution in [0.25, 0.3) is 0 Å². The summed E-state index contributed by atoms with van der Waals surface area (Å²) in [5.74, 6) is 0.118. The fourth-order valence-electron chi connectivity index (χ4n) is 4.28. The van der Waals surface area contributed by atoms with Gasteiger partial charge >= 0.3 is 5.97 Å². The van der Waals surface area contributed by atoms with E-state index in [0.29, 0.717) is 12.3 Å². The summed E-state index contributed by atoms with van der Waals surface area (Å²) in [6, 6.07) is 21.8. The van der Waals surface area contributed by atoms with Crippen molar-refractivity contribution in [1.29, 1.82) is 0 Å². The van der Waals surface area contributed by atoms with Crippen molar-refractivity contribution >= 4 is 17.7 Å². The zero-order chi connectivity index (χ0) is 24.0. The van der Waals surface area contributed by atoms with E-state index in [1.807, 2.05) is 60.8 Å². The van der Waals surface area contributed by atoms with Crippen LogP contribution in [0.4, 0.5) is 0 Å². The SMILES string of the molecule is CC(C)CCC1(c2ccccc2)CC(O)=C(Sc2ccccc2CCc2cccnc2)C(=O)O1. The molecular formula is C29H31NO3S. The minimum absolute atomic E-state index is 0.107. The fourth-order valence-corrected chi connectivity index (χ4v) is 5.27. The van der Waals surface area contributed by atoms with Gasteiger partial charge in [-0.05, 0) is 60.4 Å². The number of carbonyl (C=O) groups is 1. The molecule has 0 saturated heterocycles. The van der Waals surface area contributed by atoms with Crippen LogP contribution < -0.4 is 0 Å². The van der Waals surface area contributed by atoms with Crippen LogP contribution in [0.3, 0.4) is 0 Å². The third-order valence-electron chi connectivity index (χ3n) is 6.20. The third-order valence-corrected chi connectivity index (χ3v) is 7.43. The van der Waals surface area contributed by atoms with E-state index in [1.54, 1.807) is 6.20 Å². The maximum atomic E-state index is 13.3. The molecule has 1 aliphatic heterocycles. The monoisotopic (exact) mass is 473 g/mol. The first-order valence-electron chi connectivity index (χ1n) is 11.8.